The first-order valence-electron chi connectivity index (χ1n) is 7.63. The van der Waals surface area contributed by atoms with E-state index < -0.39 is 0 Å². The van der Waals surface area contributed by atoms with Gasteiger partial charge in [-0.1, -0.05) is 38.7 Å². The molecule has 0 saturated heterocycles. The van der Waals surface area contributed by atoms with Crippen molar-refractivity contribution in [3.8, 4) is 0 Å². The van der Waals surface area contributed by atoms with Crippen LogP contribution in [0.3, 0.4) is 0 Å². The van der Waals surface area contributed by atoms with E-state index in [1.807, 2.05) is 26.8 Å². The fourth-order valence-corrected chi connectivity index (χ4v) is 2.48. The van der Waals surface area contributed by atoms with Crippen molar-refractivity contribution in [1.82, 2.24) is 0 Å². The van der Waals surface area contributed by atoms with E-state index in [9.17, 15) is 4.79 Å². The molecule has 0 heterocycles. The summed E-state index contributed by atoms with van der Waals surface area (Å²) in [5.41, 5.74) is 10.8. The van der Waals surface area contributed by atoms with E-state index in [1.54, 1.807) is 0 Å². The van der Waals surface area contributed by atoms with Crippen LogP contribution in [0.15, 0.2) is 6.07 Å². The van der Waals surface area contributed by atoms with Crippen LogP contribution < -0.4 is 11.1 Å². The number of amides is 1. The lowest BCUT2D eigenvalue weighted by atomic mass is 10.0. The van der Waals surface area contributed by atoms with Crippen LogP contribution in [0.4, 0.5) is 11.4 Å². The highest BCUT2D eigenvalue weighted by molar-refractivity contribution is 5.93. The van der Waals surface area contributed by atoms with Crippen molar-refractivity contribution < 1.29 is 4.79 Å². The normalized spacial score (nSPS) is 10.6. The highest BCUT2D eigenvalue weighted by Crippen LogP contribution is 2.28. The maximum atomic E-state index is 12.0. The average Bonchev–Trinajstić information content (AvgIpc) is 2.41. The van der Waals surface area contributed by atoms with Gasteiger partial charge in [-0.15, -0.1) is 0 Å². The number of aryl methyl sites for hydroxylation is 2. The van der Waals surface area contributed by atoms with E-state index in [0.29, 0.717) is 6.42 Å². The van der Waals surface area contributed by atoms with Crippen LogP contribution in [0.2, 0.25) is 0 Å². The molecule has 20 heavy (non-hydrogen) atoms. The Morgan fingerprint density at radius 3 is 2.40 bits per heavy atom. The largest absolute Gasteiger partial charge is 0.398 e. The molecule has 0 saturated carbocycles. The number of nitrogen functional groups attached to an aromatic ring is 1. The van der Waals surface area contributed by atoms with Gasteiger partial charge in [-0.3, -0.25) is 4.79 Å². The summed E-state index contributed by atoms with van der Waals surface area (Å²) in [5.74, 6) is 0.0935. The van der Waals surface area contributed by atoms with Crippen molar-refractivity contribution in [3.63, 3.8) is 0 Å². The van der Waals surface area contributed by atoms with Gasteiger partial charge < -0.3 is 11.1 Å². The number of hydrogen-bond acceptors (Lipinski definition) is 2. The first-order valence-corrected chi connectivity index (χ1v) is 7.63. The molecule has 0 spiro atoms. The number of benzene rings is 1. The first-order chi connectivity index (χ1) is 9.47. The van der Waals surface area contributed by atoms with Gasteiger partial charge in [0.2, 0.25) is 5.91 Å². The first kappa shape index (κ1) is 16.5. The molecular weight excluding hydrogens is 248 g/mol. The van der Waals surface area contributed by atoms with Crippen LogP contribution in [0.1, 0.15) is 62.1 Å². The third-order valence-corrected chi connectivity index (χ3v) is 3.80. The molecule has 3 N–H and O–H groups in total. The summed E-state index contributed by atoms with van der Waals surface area (Å²) in [4.78, 5) is 12.0. The van der Waals surface area contributed by atoms with Crippen molar-refractivity contribution in [1.29, 1.82) is 0 Å². The predicted octanol–water partition coefficient (Wildman–Crippen LogP) is 4.49. The van der Waals surface area contributed by atoms with Crippen LogP contribution in [0.25, 0.3) is 0 Å². The molecule has 0 unspecified atom stereocenters. The standard InChI is InChI=1S/C17H28N2O/c1-5-6-7-8-9-10-15(20)19-17-13(3)11-12(2)16(18)14(17)4/h11H,5-10,18H2,1-4H3,(H,19,20). The van der Waals surface area contributed by atoms with Gasteiger partial charge in [-0.2, -0.15) is 0 Å². The Morgan fingerprint density at radius 1 is 1.10 bits per heavy atom. The fraction of sp³-hybridized carbons (Fsp3) is 0.588. The molecule has 0 radical (unpaired) electrons. The zero-order chi connectivity index (χ0) is 15.1. The molecule has 0 aliphatic rings. The van der Waals surface area contributed by atoms with E-state index in [0.717, 1.165) is 40.9 Å². The lowest BCUT2D eigenvalue weighted by Gasteiger charge is -2.15. The van der Waals surface area contributed by atoms with Crippen molar-refractivity contribution >= 4 is 17.3 Å². The molecule has 1 rings (SSSR count). The predicted molar refractivity (Wildman–Crippen MR) is 87.1 cm³/mol. The minimum Gasteiger partial charge on any atom is -0.398 e. The highest BCUT2D eigenvalue weighted by Gasteiger charge is 2.11. The summed E-state index contributed by atoms with van der Waals surface area (Å²) in [6.45, 7) is 8.16. The number of rotatable bonds is 7. The maximum Gasteiger partial charge on any atom is 0.224 e. The Balaban J connectivity index is 2.56. The number of nitrogens with one attached hydrogen (secondary N) is 1. The Bertz CT molecular complexity index is 467. The summed E-state index contributed by atoms with van der Waals surface area (Å²) in [6.07, 6.45) is 6.40. The second-order valence-electron chi connectivity index (χ2n) is 5.64. The van der Waals surface area contributed by atoms with Crippen molar-refractivity contribution in [2.75, 3.05) is 11.1 Å². The molecule has 0 aliphatic carbocycles. The van der Waals surface area contributed by atoms with E-state index in [-0.39, 0.29) is 5.91 Å². The number of carbonyl (C=O) groups is 1. The Kier molecular flexibility index (Phi) is 6.56. The van der Waals surface area contributed by atoms with Crippen molar-refractivity contribution in [3.05, 3.63) is 22.8 Å². The van der Waals surface area contributed by atoms with E-state index in [4.69, 9.17) is 5.73 Å². The van der Waals surface area contributed by atoms with Gasteiger partial charge in [0.15, 0.2) is 0 Å². The van der Waals surface area contributed by atoms with Crippen LogP contribution in [-0.4, -0.2) is 5.91 Å². The van der Waals surface area contributed by atoms with Gasteiger partial charge in [0.05, 0.1) is 0 Å². The Labute approximate surface area is 122 Å². The molecule has 0 bridgehead atoms. The number of unbranched alkanes of at least 4 members (excludes halogenated alkanes) is 4. The number of anilines is 2. The minimum atomic E-state index is 0.0935. The van der Waals surface area contributed by atoms with Gasteiger partial charge in [-0.25, -0.2) is 0 Å². The molecule has 0 aliphatic heterocycles. The zero-order valence-corrected chi connectivity index (χ0v) is 13.3. The Hall–Kier alpha value is -1.51. The van der Waals surface area contributed by atoms with Gasteiger partial charge >= 0.3 is 0 Å². The summed E-state index contributed by atoms with van der Waals surface area (Å²) in [5, 5.41) is 3.02. The quantitative estimate of drug-likeness (QED) is 0.569. The van der Waals surface area contributed by atoms with Crippen LogP contribution in [0, 0.1) is 20.8 Å². The summed E-state index contributed by atoms with van der Waals surface area (Å²) < 4.78 is 0. The SMILES string of the molecule is CCCCCCCC(=O)Nc1c(C)cc(C)c(N)c1C. The van der Waals surface area contributed by atoms with Crippen LogP contribution in [0.5, 0.6) is 0 Å². The minimum absolute atomic E-state index is 0.0935. The molecule has 112 valence electrons. The average molecular weight is 276 g/mol. The molecule has 0 atom stereocenters. The van der Waals surface area contributed by atoms with E-state index in [2.05, 4.69) is 12.2 Å². The summed E-state index contributed by atoms with van der Waals surface area (Å²) in [7, 11) is 0. The Morgan fingerprint density at radius 2 is 1.75 bits per heavy atom. The fourth-order valence-electron chi connectivity index (χ4n) is 2.48. The van der Waals surface area contributed by atoms with E-state index >= 15 is 0 Å². The van der Waals surface area contributed by atoms with E-state index in [1.165, 1.54) is 19.3 Å². The van der Waals surface area contributed by atoms with Gasteiger partial charge in [0.25, 0.3) is 0 Å². The number of carbonyl (C=O) groups excluding carboxylic acids is 1. The maximum absolute atomic E-state index is 12.0. The number of nitrogens with two attached hydrogens (primary N) is 1. The highest BCUT2D eigenvalue weighted by atomic mass is 16.1. The van der Waals surface area contributed by atoms with Crippen LogP contribution >= 0.6 is 0 Å². The second-order valence-corrected chi connectivity index (χ2v) is 5.64. The third-order valence-electron chi connectivity index (χ3n) is 3.80. The molecule has 3 heteroatoms. The molecule has 0 aromatic heterocycles. The van der Waals surface area contributed by atoms with Gasteiger partial charge in [0, 0.05) is 17.8 Å². The molecular formula is C17H28N2O. The molecule has 1 amide bonds. The number of hydrogen-bond donors (Lipinski definition) is 2. The zero-order valence-electron chi connectivity index (χ0n) is 13.3. The van der Waals surface area contributed by atoms with Gasteiger partial charge in [-0.05, 0) is 43.9 Å². The monoisotopic (exact) mass is 276 g/mol. The molecule has 3 nitrogen and oxygen atoms in total. The summed E-state index contributed by atoms with van der Waals surface area (Å²) >= 11 is 0. The van der Waals surface area contributed by atoms with Crippen LogP contribution in [-0.2, 0) is 4.79 Å². The van der Waals surface area contributed by atoms with Gasteiger partial charge in [0.1, 0.15) is 0 Å². The third kappa shape index (κ3) is 4.55. The lowest BCUT2D eigenvalue weighted by molar-refractivity contribution is -0.116. The van der Waals surface area contributed by atoms with Crippen molar-refractivity contribution in [2.45, 2.75) is 66.2 Å². The second kappa shape index (κ2) is 7.93. The topological polar surface area (TPSA) is 55.1 Å². The molecule has 1 aromatic carbocycles. The van der Waals surface area contributed by atoms with Crippen molar-refractivity contribution in [2.24, 2.45) is 0 Å². The lowest BCUT2D eigenvalue weighted by Crippen LogP contribution is -2.14. The molecule has 0 fully saturated rings. The summed E-state index contributed by atoms with van der Waals surface area (Å²) in [6, 6.07) is 2.03. The molecule has 1 aromatic rings. The smallest absolute Gasteiger partial charge is 0.224 e.